The topological polar surface area (TPSA) is 32.7 Å². The fourth-order valence-corrected chi connectivity index (χ4v) is 2.38. The van der Waals surface area contributed by atoms with Crippen LogP contribution in [-0.4, -0.2) is 23.4 Å². The molecule has 4 heteroatoms. The average molecular weight is 220 g/mol. The molecule has 1 amide bonds. The maximum atomic E-state index is 11.7. The standard InChI is InChI=1S/C11H12N2OS/c1-2-12-11-13(10(14)8-15-11)9-6-4-3-5-7-9/h3-7H,2,8H2,1H3. The molecule has 0 unspecified atom stereocenters. The number of para-hydroxylation sites is 1. The van der Waals surface area contributed by atoms with E-state index in [9.17, 15) is 4.79 Å². The van der Waals surface area contributed by atoms with Gasteiger partial charge in [0.05, 0.1) is 11.4 Å². The molecule has 15 heavy (non-hydrogen) atoms. The number of carbonyl (C=O) groups excluding carboxylic acids is 1. The molecular weight excluding hydrogens is 208 g/mol. The van der Waals surface area contributed by atoms with Crippen LogP contribution in [0.5, 0.6) is 0 Å². The molecule has 0 aromatic heterocycles. The zero-order valence-corrected chi connectivity index (χ0v) is 9.33. The minimum atomic E-state index is 0.110. The van der Waals surface area contributed by atoms with Crippen molar-refractivity contribution in [3.05, 3.63) is 30.3 Å². The van der Waals surface area contributed by atoms with E-state index in [4.69, 9.17) is 0 Å². The summed E-state index contributed by atoms with van der Waals surface area (Å²) in [7, 11) is 0. The van der Waals surface area contributed by atoms with Crippen molar-refractivity contribution in [1.29, 1.82) is 0 Å². The molecule has 1 saturated heterocycles. The Labute approximate surface area is 93.2 Å². The summed E-state index contributed by atoms with van der Waals surface area (Å²) < 4.78 is 0. The number of benzene rings is 1. The van der Waals surface area contributed by atoms with E-state index in [1.807, 2.05) is 37.3 Å². The van der Waals surface area contributed by atoms with Crippen molar-refractivity contribution in [2.75, 3.05) is 17.2 Å². The van der Waals surface area contributed by atoms with E-state index in [1.54, 1.807) is 4.90 Å². The van der Waals surface area contributed by atoms with Crippen molar-refractivity contribution in [2.24, 2.45) is 4.99 Å². The average Bonchev–Trinajstić information content (AvgIpc) is 2.62. The molecule has 1 aliphatic heterocycles. The van der Waals surface area contributed by atoms with E-state index in [0.29, 0.717) is 12.3 Å². The molecular formula is C11H12N2OS. The largest absolute Gasteiger partial charge is 0.273 e. The second-order valence-electron chi connectivity index (χ2n) is 3.11. The number of hydrogen-bond donors (Lipinski definition) is 0. The summed E-state index contributed by atoms with van der Waals surface area (Å²) in [6.07, 6.45) is 0. The summed E-state index contributed by atoms with van der Waals surface area (Å²) >= 11 is 1.50. The van der Waals surface area contributed by atoms with Gasteiger partial charge in [-0.3, -0.25) is 14.7 Å². The summed E-state index contributed by atoms with van der Waals surface area (Å²) in [5.41, 5.74) is 0.903. The first kappa shape index (κ1) is 10.2. The second kappa shape index (κ2) is 4.49. The van der Waals surface area contributed by atoms with Gasteiger partial charge >= 0.3 is 0 Å². The molecule has 0 saturated carbocycles. The molecule has 2 rings (SSSR count). The predicted molar refractivity (Wildman–Crippen MR) is 64.4 cm³/mol. The predicted octanol–water partition coefficient (Wildman–Crippen LogP) is 2.14. The first-order valence-electron chi connectivity index (χ1n) is 4.88. The summed E-state index contributed by atoms with van der Waals surface area (Å²) in [6, 6.07) is 9.64. The Morgan fingerprint density at radius 1 is 1.40 bits per heavy atom. The lowest BCUT2D eigenvalue weighted by atomic mass is 10.3. The number of hydrogen-bond acceptors (Lipinski definition) is 3. The van der Waals surface area contributed by atoms with Gasteiger partial charge in [0.2, 0.25) is 5.91 Å². The molecule has 0 aliphatic carbocycles. The molecule has 1 fully saturated rings. The Hall–Kier alpha value is -1.29. The monoisotopic (exact) mass is 220 g/mol. The zero-order chi connectivity index (χ0) is 10.7. The Balaban J connectivity index is 2.34. The van der Waals surface area contributed by atoms with Crippen molar-refractivity contribution in [1.82, 2.24) is 0 Å². The van der Waals surface area contributed by atoms with Crippen LogP contribution in [0.2, 0.25) is 0 Å². The Morgan fingerprint density at radius 3 is 2.80 bits per heavy atom. The minimum Gasteiger partial charge on any atom is -0.273 e. The molecule has 3 nitrogen and oxygen atoms in total. The van der Waals surface area contributed by atoms with Gasteiger partial charge in [0, 0.05) is 6.54 Å². The van der Waals surface area contributed by atoms with Crippen LogP contribution in [-0.2, 0) is 4.79 Å². The smallest absolute Gasteiger partial charge is 0.243 e. The summed E-state index contributed by atoms with van der Waals surface area (Å²) in [6.45, 7) is 2.68. The van der Waals surface area contributed by atoms with E-state index in [0.717, 1.165) is 10.9 Å². The van der Waals surface area contributed by atoms with Gasteiger partial charge in [0.25, 0.3) is 0 Å². The molecule has 1 aromatic rings. The van der Waals surface area contributed by atoms with E-state index in [-0.39, 0.29) is 5.91 Å². The minimum absolute atomic E-state index is 0.110. The Kier molecular flexibility index (Phi) is 3.06. The molecule has 0 N–H and O–H groups in total. The van der Waals surface area contributed by atoms with Gasteiger partial charge in [-0.15, -0.1) is 0 Å². The van der Waals surface area contributed by atoms with E-state index >= 15 is 0 Å². The molecule has 78 valence electrons. The highest BCUT2D eigenvalue weighted by molar-refractivity contribution is 8.15. The van der Waals surface area contributed by atoms with Gasteiger partial charge in [-0.25, -0.2) is 0 Å². The Morgan fingerprint density at radius 2 is 2.13 bits per heavy atom. The van der Waals surface area contributed by atoms with Crippen LogP contribution in [0, 0.1) is 0 Å². The van der Waals surface area contributed by atoms with E-state index < -0.39 is 0 Å². The van der Waals surface area contributed by atoms with Gasteiger partial charge in [-0.1, -0.05) is 30.0 Å². The summed E-state index contributed by atoms with van der Waals surface area (Å²) in [4.78, 5) is 17.7. The number of rotatable bonds is 2. The van der Waals surface area contributed by atoms with Crippen LogP contribution >= 0.6 is 11.8 Å². The molecule has 1 aromatic carbocycles. The number of amidine groups is 1. The molecule has 0 spiro atoms. The number of nitrogens with zero attached hydrogens (tertiary/aromatic N) is 2. The fourth-order valence-electron chi connectivity index (χ4n) is 1.45. The van der Waals surface area contributed by atoms with Crippen LogP contribution in [0.3, 0.4) is 0 Å². The Bertz CT molecular complexity index is 389. The van der Waals surface area contributed by atoms with Crippen molar-refractivity contribution >= 4 is 28.5 Å². The van der Waals surface area contributed by atoms with E-state index in [1.165, 1.54) is 11.8 Å². The van der Waals surface area contributed by atoms with E-state index in [2.05, 4.69) is 4.99 Å². The van der Waals surface area contributed by atoms with Crippen molar-refractivity contribution in [2.45, 2.75) is 6.92 Å². The van der Waals surface area contributed by atoms with Crippen LogP contribution in [0.15, 0.2) is 35.3 Å². The van der Waals surface area contributed by atoms with Crippen LogP contribution in [0.1, 0.15) is 6.92 Å². The highest BCUT2D eigenvalue weighted by atomic mass is 32.2. The first-order chi connectivity index (χ1) is 7.33. The molecule has 0 atom stereocenters. The van der Waals surface area contributed by atoms with Crippen molar-refractivity contribution in [3.8, 4) is 0 Å². The SMILES string of the molecule is CCN=C1SCC(=O)N1c1ccccc1. The number of anilines is 1. The van der Waals surface area contributed by atoms with Gasteiger partial charge in [0.15, 0.2) is 5.17 Å². The maximum Gasteiger partial charge on any atom is 0.243 e. The highest BCUT2D eigenvalue weighted by Crippen LogP contribution is 2.26. The van der Waals surface area contributed by atoms with Crippen LogP contribution in [0.25, 0.3) is 0 Å². The quantitative estimate of drug-likeness (QED) is 0.765. The summed E-state index contributed by atoms with van der Waals surface area (Å²) in [5, 5.41) is 0.814. The summed E-state index contributed by atoms with van der Waals surface area (Å²) in [5.74, 6) is 0.603. The lowest BCUT2D eigenvalue weighted by Gasteiger charge is -2.15. The first-order valence-corrected chi connectivity index (χ1v) is 5.86. The fraction of sp³-hybridized carbons (Fsp3) is 0.273. The van der Waals surface area contributed by atoms with Gasteiger partial charge in [-0.05, 0) is 19.1 Å². The zero-order valence-electron chi connectivity index (χ0n) is 8.51. The molecule has 1 aliphatic rings. The molecule has 1 heterocycles. The van der Waals surface area contributed by atoms with Crippen LogP contribution in [0.4, 0.5) is 5.69 Å². The molecule has 0 bridgehead atoms. The number of aliphatic imine (C=N–C) groups is 1. The van der Waals surface area contributed by atoms with Gasteiger partial charge < -0.3 is 0 Å². The number of amides is 1. The van der Waals surface area contributed by atoms with Crippen LogP contribution < -0.4 is 4.90 Å². The lowest BCUT2D eigenvalue weighted by Crippen LogP contribution is -2.29. The number of thioether (sulfide) groups is 1. The third-order valence-electron chi connectivity index (χ3n) is 2.07. The normalized spacial score (nSPS) is 18.9. The van der Waals surface area contributed by atoms with Crippen molar-refractivity contribution in [3.63, 3.8) is 0 Å². The second-order valence-corrected chi connectivity index (χ2v) is 4.05. The van der Waals surface area contributed by atoms with Crippen molar-refractivity contribution < 1.29 is 4.79 Å². The lowest BCUT2D eigenvalue weighted by molar-refractivity contribution is -0.115. The third kappa shape index (κ3) is 2.04. The van der Waals surface area contributed by atoms with Gasteiger partial charge in [-0.2, -0.15) is 0 Å². The van der Waals surface area contributed by atoms with Gasteiger partial charge in [0.1, 0.15) is 0 Å². The highest BCUT2D eigenvalue weighted by Gasteiger charge is 2.28. The number of carbonyl (C=O) groups is 1. The maximum absolute atomic E-state index is 11.7. The third-order valence-corrected chi connectivity index (χ3v) is 3.03. The molecule has 0 radical (unpaired) electrons.